The van der Waals surface area contributed by atoms with Crippen LogP contribution in [0.1, 0.15) is 18.1 Å². The fraction of sp³-hybridized carbons (Fsp3) is 0.0625. The number of hydrogen-bond acceptors (Lipinski definition) is 1. The maximum Gasteiger partial charge on any atom is 0.0712 e. The molecule has 0 aliphatic carbocycles. The van der Waals surface area contributed by atoms with Gasteiger partial charge in [-0.3, -0.25) is 4.99 Å². The first-order valence-corrected chi connectivity index (χ1v) is 5.76. The van der Waals surface area contributed by atoms with Crippen molar-refractivity contribution in [2.24, 2.45) is 4.99 Å². The summed E-state index contributed by atoms with van der Waals surface area (Å²) in [5.74, 6) is 0. The molecule has 0 radical (unpaired) electrons. The molecule has 17 heavy (non-hydrogen) atoms. The molecular weight excluding hydrogens is 206 g/mol. The Kier molecular flexibility index (Phi) is 2.37. The lowest BCUT2D eigenvalue weighted by Gasteiger charge is -2.01. The molecule has 0 fully saturated rings. The van der Waals surface area contributed by atoms with Crippen molar-refractivity contribution in [3.8, 4) is 0 Å². The lowest BCUT2D eigenvalue weighted by Crippen LogP contribution is -1.89. The molecule has 1 heterocycles. The second kappa shape index (κ2) is 4.02. The highest BCUT2D eigenvalue weighted by atomic mass is 14.8. The van der Waals surface area contributed by atoms with Gasteiger partial charge >= 0.3 is 0 Å². The maximum absolute atomic E-state index is 4.58. The normalized spacial score (nSPS) is 15.8. The number of para-hydroxylation sites is 1. The van der Waals surface area contributed by atoms with Crippen molar-refractivity contribution >= 4 is 23.0 Å². The molecule has 0 atom stereocenters. The first-order valence-electron chi connectivity index (χ1n) is 5.76. The van der Waals surface area contributed by atoms with Crippen LogP contribution in [0.25, 0.3) is 11.6 Å². The zero-order chi connectivity index (χ0) is 11.7. The number of nitrogens with zero attached hydrogens (tertiary/aromatic N) is 1. The standard InChI is InChI=1S/C16H13N/c1-12-15(11-13-7-3-2-4-8-13)14-9-5-6-10-16(14)17-12/h2-11H,1H3/b15-11-. The van der Waals surface area contributed by atoms with Crippen molar-refractivity contribution in [3.63, 3.8) is 0 Å². The summed E-state index contributed by atoms with van der Waals surface area (Å²) in [4.78, 5) is 4.58. The van der Waals surface area contributed by atoms with Crippen LogP contribution in [0.4, 0.5) is 5.69 Å². The maximum atomic E-state index is 4.58. The van der Waals surface area contributed by atoms with Crippen LogP contribution in [0.5, 0.6) is 0 Å². The third kappa shape index (κ3) is 1.80. The molecule has 3 rings (SSSR count). The van der Waals surface area contributed by atoms with Crippen LogP contribution in [0, 0.1) is 0 Å². The summed E-state index contributed by atoms with van der Waals surface area (Å²) in [7, 11) is 0. The highest BCUT2D eigenvalue weighted by Gasteiger charge is 2.16. The smallest absolute Gasteiger partial charge is 0.0712 e. The minimum absolute atomic E-state index is 1.08. The van der Waals surface area contributed by atoms with Crippen LogP contribution in [0.15, 0.2) is 59.6 Å². The molecule has 0 bridgehead atoms. The van der Waals surface area contributed by atoms with Gasteiger partial charge in [-0.1, -0.05) is 48.5 Å². The molecule has 0 saturated heterocycles. The van der Waals surface area contributed by atoms with Crippen LogP contribution in [-0.4, -0.2) is 5.71 Å². The number of allylic oxidation sites excluding steroid dienone is 1. The monoisotopic (exact) mass is 219 g/mol. The average Bonchev–Trinajstić information content (AvgIpc) is 2.68. The Morgan fingerprint density at radius 1 is 0.882 bits per heavy atom. The molecule has 1 heteroatoms. The van der Waals surface area contributed by atoms with Crippen molar-refractivity contribution in [2.75, 3.05) is 0 Å². The summed E-state index contributed by atoms with van der Waals surface area (Å²) >= 11 is 0. The number of rotatable bonds is 1. The molecular formula is C16H13N. The molecule has 0 saturated carbocycles. The lowest BCUT2D eigenvalue weighted by atomic mass is 10.0. The minimum atomic E-state index is 1.08. The molecule has 0 unspecified atom stereocenters. The topological polar surface area (TPSA) is 12.4 Å². The summed E-state index contributed by atoms with van der Waals surface area (Å²) in [6.07, 6.45) is 2.20. The van der Waals surface area contributed by atoms with E-state index in [9.17, 15) is 0 Å². The van der Waals surface area contributed by atoms with E-state index in [1.165, 1.54) is 16.7 Å². The Bertz CT molecular complexity index is 606. The summed E-state index contributed by atoms with van der Waals surface area (Å²) in [6.45, 7) is 2.06. The molecule has 1 aliphatic rings. The third-order valence-corrected chi connectivity index (χ3v) is 2.98. The van der Waals surface area contributed by atoms with Gasteiger partial charge in [-0.15, -0.1) is 0 Å². The third-order valence-electron chi connectivity index (χ3n) is 2.98. The van der Waals surface area contributed by atoms with Crippen molar-refractivity contribution in [1.29, 1.82) is 0 Å². The Hall–Kier alpha value is -2.15. The van der Waals surface area contributed by atoms with Gasteiger partial charge in [0.2, 0.25) is 0 Å². The zero-order valence-corrected chi connectivity index (χ0v) is 9.72. The largest absolute Gasteiger partial charge is 0.252 e. The van der Waals surface area contributed by atoms with Gasteiger partial charge in [0.25, 0.3) is 0 Å². The van der Waals surface area contributed by atoms with Gasteiger partial charge in [0, 0.05) is 16.8 Å². The van der Waals surface area contributed by atoms with Gasteiger partial charge in [0.05, 0.1) is 5.69 Å². The Morgan fingerprint density at radius 3 is 2.41 bits per heavy atom. The lowest BCUT2D eigenvalue weighted by molar-refractivity contribution is 1.54. The predicted octanol–water partition coefficient (Wildman–Crippen LogP) is 4.33. The SMILES string of the molecule is CC1=Nc2ccccc2/C1=C\c1ccccc1. The molecule has 0 spiro atoms. The van der Waals surface area contributed by atoms with E-state index in [2.05, 4.69) is 60.5 Å². The van der Waals surface area contributed by atoms with Crippen molar-refractivity contribution in [2.45, 2.75) is 6.92 Å². The van der Waals surface area contributed by atoms with E-state index in [1.807, 2.05) is 12.1 Å². The first-order chi connectivity index (χ1) is 8.34. The van der Waals surface area contributed by atoms with Gasteiger partial charge in [-0.25, -0.2) is 0 Å². The van der Waals surface area contributed by atoms with E-state index >= 15 is 0 Å². The molecule has 0 N–H and O–H groups in total. The van der Waals surface area contributed by atoms with Crippen LogP contribution in [0.2, 0.25) is 0 Å². The van der Waals surface area contributed by atoms with Crippen LogP contribution in [0.3, 0.4) is 0 Å². The summed E-state index contributed by atoms with van der Waals surface area (Å²) in [5, 5.41) is 0. The average molecular weight is 219 g/mol. The van der Waals surface area contributed by atoms with Crippen LogP contribution in [-0.2, 0) is 0 Å². The minimum Gasteiger partial charge on any atom is -0.252 e. The van der Waals surface area contributed by atoms with Crippen molar-refractivity contribution in [3.05, 3.63) is 65.7 Å². The van der Waals surface area contributed by atoms with Crippen molar-refractivity contribution < 1.29 is 0 Å². The molecule has 1 nitrogen and oxygen atoms in total. The Morgan fingerprint density at radius 2 is 1.59 bits per heavy atom. The van der Waals surface area contributed by atoms with E-state index in [0.717, 1.165) is 11.4 Å². The summed E-state index contributed by atoms with van der Waals surface area (Å²) in [5.41, 5.74) is 5.84. The number of fused-ring (bicyclic) bond motifs is 1. The number of benzene rings is 2. The highest BCUT2D eigenvalue weighted by Crippen LogP contribution is 2.35. The van der Waals surface area contributed by atoms with Gasteiger partial charge in [-0.05, 0) is 24.6 Å². The van der Waals surface area contributed by atoms with Gasteiger partial charge in [-0.2, -0.15) is 0 Å². The van der Waals surface area contributed by atoms with Gasteiger partial charge in [0.1, 0.15) is 0 Å². The Labute approximate surface area is 101 Å². The summed E-state index contributed by atoms with van der Waals surface area (Å²) < 4.78 is 0. The number of aliphatic imine (C=N–C) groups is 1. The molecule has 0 aromatic heterocycles. The van der Waals surface area contributed by atoms with E-state index in [-0.39, 0.29) is 0 Å². The van der Waals surface area contributed by atoms with E-state index in [1.54, 1.807) is 0 Å². The molecule has 2 aromatic rings. The van der Waals surface area contributed by atoms with Crippen LogP contribution < -0.4 is 0 Å². The van der Waals surface area contributed by atoms with Crippen molar-refractivity contribution in [1.82, 2.24) is 0 Å². The van der Waals surface area contributed by atoms with Crippen LogP contribution >= 0.6 is 0 Å². The second-order valence-corrected chi connectivity index (χ2v) is 4.18. The van der Waals surface area contributed by atoms with E-state index in [4.69, 9.17) is 0 Å². The zero-order valence-electron chi connectivity index (χ0n) is 9.72. The molecule has 0 amide bonds. The Balaban J connectivity index is 2.11. The molecule has 2 aromatic carbocycles. The number of hydrogen-bond donors (Lipinski definition) is 0. The van der Waals surface area contributed by atoms with Gasteiger partial charge in [0.15, 0.2) is 0 Å². The fourth-order valence-corrected chi connectivity index (χ4v) is 2.13. The quantitative estimate of drug-likeness (QED) is 0.676. The molecule has 82 valence electrons. The molecule has 1 aliphatic heterocycles. The highest BCUT2D eigenvalue weighted by molar-refractivity contribution is 6.31. The first kappa shape index (κ1) is 10.0. The predicted molar refractivity (Wildman–Crippen MR) is 73.5 cm³/mol. The van der Waals surface area contributed by atoms with E-state index < -0.39 is 0 Å². The van der Waals surface area contributed by atoms with E-state index in [0.29, 0.717) is 0 Å². The second-order valence-electron chi connectivity index (χ2n) is 4.18. The summed E-state index contributed by atoms with van der Waals surface area (Å²) in [6, 6.07) is 18.6. The fourth-order valence-electron chi connectivity index (χ4n) is 2.13. The van der Waals surface area contributed by atoms with Gasteiger partial charge < -0.3 is 0 Å².